The van der Waals surface area contributed by atoms with Gasteiger partial charge in [0.15, 0.2) is 0 Å². The Balaban J connectivity index is 1.37. The van der Waals surface area contributed by atoms with Crippen LogP contribution < -0.4 is 15.0 Å². The van der Waals surface area contributed by atoms with Gasteiger partial charge in [-0.05, 0) is 55.3 Å². The summed E-state index contributed by atoms with van der Waals surface area (Å²) in [5.74, 6) is 0.831. The number of amides is 1. The van der Waals surface area contributed by atoms with Crippen molar-refractivity contribution in [3.05, 3.63) is 71.1 Å². The minimum atomic E-state index is -0.0150. The van der Waals surface area contributed by atoms with E-state index in [0.29, 0.717) is 19.8 Å². The predicted octanol–water partition coefficient (Wildman–Crippen LogP) is 4.83. The van der Waals surface area contributed by atoms with E-state index in [1.807, 2.05) is 30.3 Å². The number of hydrogen-bond donors (Lipinski definition) is 1. The molecular weight excluding hydrogens is 458 g/mol. The van der Waals surface area contributed by atoms with Gasteiger partial charge in [-0.15, -0.1) is 11.3 Å². The molecule has 3 aromatic rings. The fraction of sp³-hybridized carbons (Fsp3) is 0.393. The molecular formula is C28H33N3O3S. The van der Waals surface area contributed by atoms with E-state index in [1.165, 1.54) is 18.4 Å². The van der Waals surface area contributed by atoms with Crippen molar-refractivity contribution >= 4 is 22.2 Å². The van der Waals surface area contributed by atoms with Crippen LogP contribution in [0.3, 0.4) is 0 Å². The van der Waals surface area contributed by atoms with E-state index in [1.54, 1.807) is 18.4 Å². The third-order valence-corrected chi connectivity index (χ3v) is 8.03. The lowest BCUT2D eigenvalue weighted by Gasteiger charge is -2.28. The van der Waals surface area contributed by atoms with E-state index in [9.17, 15) is 4.79 Å². The zero-order valence-corrected chi connectivity index (χ0v) is 21.1. The molecule has 1 unspecified atom stereocenters. The number of likely N-dealkylation sites (tertiary alicyclic amines) is 1. The number of carbonyl (C=O) groups is 1. The van der Waals surface area contributed by atoms with Gasteiger partial charge in [0, 0.05) is 25.2 Å². The Morgan fingerprint density at radius 1 is 1.03 bits per heavy atom. The van der Waals surface area contributed by atoms with Gasteiger partial charge < -0.3 is 19.7 Å². The highest BCUT2D eigenvalue weighted by Crippen LogP contribution is 2.39. The van der Waals surface area contributed by atoms with Crippen LogP contribution in [0.15, 0.2) is 60.7 Å². The number of anilines is 1. The van der Waals surface area contributed by atoms with Crippen molar-refractivity contribution in [3.63, 3.8) is 0 Å². The average molecular weight is 492 g/mol. The van der Waals surface area contributed by atoms with Crippen molar-refractivity contribution in [2.24, 2.45) is 0 Å². The van der Waals surface area contributed by atoms with Crippen molar-refractivity contribution in [2.75, 3.05) is 57.9 Å². The zero-order chi connectivity index (χ0) is 24.0. The van der Waals surface area contributed by atoms with Gasteiger partial charge in [0.25, 0.3) is 5.91 Å². The Bertz CT molecular complexity index is 1120. The first-order valence-electron chi connectivity index (χ1n) is 12.4. The number of hydrogen-bond acceptors (Lipinski definition) is 6. The van der Waals surface area contributed by atoms with Gasteiger partial charge in [0.05, 0.1) is 36.2 Å². The van der Waals surface area contributed by atoms with E-state index in [-0.39, 0.29) is 11.9 Å². The summed E-state index contributed by atoms with van der Waals surface area (Å²) >= 11 is 1.58. The van der Waals surface area contributed by atoms with E-state index >= 15 is 0 Å². The molecule has 0 saturated carbocycles. The summed E-state index contributed by atoms with van der Waals surface area (Å²) in [6, 6.07) is 20.7. The van der Waals surface area contributed by atoms with Gasteiger partial charge in [-0.25, -0.2) is 0 Å². The number of nitrogens with one attached hydrogen (secondary N) is 1. The fourth-order valence-corrected chi connectivity index (χ4v) is 6.10. The van der Waals surface area contributed by atoms with Crippen molar-refractivity contribution in [3.8, 4) is 16.9 Å². The van der Waals surface area contributed by atoms with Crippen LogP contribution in [0.25, 0.3) is 11.1 Å². The number of ether oxygens (including phenoxy) is 2. The summed E-state index contributed by atoms with van der Waals surface area (Å²) in [4.78, 5) is 19.0. The van der Waals surface area contributed by atoms with Gasteiger partial charge in [-0.2, -0.15) is 0 Å². The number of benzene rings is 2. The monoisotopic (exact) mass is 491 g/mol. The second-order valence-electron chi connectivity index (χ2n) is 9.04. The standard InChI is InChI=1S/C28H33N3O3S/c1-33-23-11-7-10-22(18-23)25(30-12-5-6-13-30)20-29-27(32)26-19-24(21-8-3-2-4-9-21)28(35-26)31-14-16-34-17-15-31/h2-4,7-11,18-19,25H,5-6,12-17,20H2,1H3,(H,29,32). The summed E-state index contributed by atoms with van der Waals surface area (Å²) in [5.41, 5.74) is 3.43. The molecule has 1 atom stereocenters. The van der Waals surface area contributed by atoms with Gasteiger partial charge in [-0.1, -0.05) is 42.5 Å². The summed E-state index contributed by atoms with van der Waals surface area (Å²) in [6.07, 6.45) is 2.39. The Labute approximate surface area is 211 Å². The first-order valence-corrected chi connectivity index (χ1v) is 13.2. The molecule has 0 radical (unpaired) electrons. The largest absolute Gasteiger partial charge is 0.497 e. The van der Waals surface area contributed by atoms with Crippen LogP contribution in [0.1, 0.15) is 34.1 Å². The van der Waals surface area contributed by atoms with Crippen LogP contribution in [0.4, 0.5) is 5.00 Å². The highest BCUT2D eigenvalue weighted by Gasteiger charge is 2.26. The summed E-state index contributed by atoms with van der Waals surface area (Å²) in [5, 5.41) is 4.40. The highest BCUT2D eigenvalue weighted by atomic mass is 32.1. The van der Waals surface area contributed by atoms with E-state index in [4.69, 9.17) is 9.47 Å². The number of carbonyl (C=O) groups excluding carboxylic acids is 1. The van der Waals surface area contributed by atoms with Gasteiger partial charge in [-0.3, -0.25) is 9.69 Å². The lowest BCUT2D eigenvalue weighted by molar-refractivity contribution is 0.0942. The first-order chi connectivity index (χ1) is 17.2. The smallest absolute Gasteiger partial charge is 0.261 e. The maximum atomic E-state index is 13.4. The second kappa shape index (κ2) is 11.2. The number of methoxy groups -OCH3 is 1. The molecule has 7 heteroatoms. The Kier molecular flexibility index (Phi) is 7.66. The SMILES string of the molecule is COc1cccc(C(CNC(=O)c2cc(-c3ccccc3)c(N3CCOCC3)s2)N2CCCC2)c1. The lowest BCUT2D eigenvalue weighted by atomic mass is 10.0. The Morgan fingerprint density at radius 2 is 1.80 bits per heavy atom. The topological polar surface area (TPSA) is 54.0 Å². The molecule has 184 valence electrons. The predicted molar refractivity (Wildman–Crippen MR) is 142 cm³/mol. The molecule has 2 aliphatic heterocycles. The molecule has 1 amide bonds. The molecule has 6 nitrogen and oxygen atoms in total. The molecule has 0 bridgehead atoms. The van der Waals surface area contributed by atoms with Crippen LogP contribution in [0.5, 0.6) is 5.75 Å². The van der Waals surface area contributed by atoms with Crippen LogP contribution in [-0.4, -0.2) is 63.9 Å². The molecule has 1 N–H and O–H groups in total. The van der Waals surface area contributed by atoms with Crippen molar-refractivity contribution in [2.45, 2.75) is 18.9 Å². The molecule has 2 fully saturated rings. The van der Waals surface area contributed by atoms with E-state index in [0.717, 1.165) is 52.9 Å². The first kappa shape index (κ1) is 23.9. The highest BCUT2D eigenvalue weighted by molar-refractivity contribution is 7.18. The second-order valence-corrected chi connectivity index (χ2v) is 10.1. The van der Waals surface area contributed by atoms with Crippen molar-refractivity contribution in [1.82, 2.24) is 10.2 Å². The average Bonchev–Trinajstić information content (AvgIpc) is 3.61. The maximum absolute atomic E-state index is 13.4. The van der Waals surface area contributed by atoms with Gasteiger partial charge >= 0.3 is 0 Å². The summed E-state index contributed by atoms with van der Waals surface area (Å²) in [6.45, 7) is 5.78. The number of nitrogens with zero attached hydrogens (tertiary/aromatic N) is 2. The van der Waals surface area contributed by atoms with E-state index < -0.39 is 0 Å². The molecule has 5 rings (SSSR count). The number of rotatable bonds is 8. The number of morpholine rings is 1. The fourth-order valence-electron chi connectivity index (χ4n) is 4.96. The third-order valence-electron chi connectivity index (χ3n) is 6.84. The van der Waals surface area contributed by atoms with Crippen molar-refractivity contribution < 1.29 is 14.3 Å². The van der Waals surface area contributed by atoms with Crippen LogP contribution >= 0.6 is 11.3 Å². The summed E-state index contributed by atoms with van der Waals surface area (Å²) in [7, 11) is 1.69. The zero-order valence-electron chi connectivity index (χ0n) is 20.2. The Hall–Kier alpha value is -2.87. The summed E-state index contributed by atoms with van der Waals surface area (Å²) < 4.78 is 11.0. The normalized spacial score (nSPS) is 17.3. The minimum Gasteiger partial charge on any atom is -0.497 e. The lowest BCUT2D eigenvalue weighted by Crippen LogP contribution is -2.36. The molecule has 3 heterocycles. The van der Waals surface area contributed by atoms with Crippen molar-refractivity contribution in [1.29, 1.82) is 0 Å². The van der Waals surface area contributed by atoms with Gasteiger partial charge in [0.2, 0.25) is 0 Å². The van der Waals surface area contributed by atoms with Gasteiger partial charge in [0.1, 0.15) is 5.75 Å². The molecule has 1 aromatic heterocycles. The molecule has 35 heavy (non-hydrogen) atoms. The molecule has 0 aliphatic carbocycles. The maximum Gasteiger partial charge on any atom is 0.261 e. The van der Waals surface area contributed by atoms with Crippen LogP contribution in [0.2, 0.25) is 0 Å². The third kappa shape index (κ3) is 5.53. The quantitative estimate of drug-likeness (QED) is 0.489. The van der Waals surface area contributed by atoms with Crippen LogP contribution in [0, 0.1) is 0 Å². The van der Waals surface area contributed by atoms with E-state index in [2.05, 4.69) is 45.4 Å². The molecule has 0 spiro atoms. The molecule has 2 saturated heterocycles. The molecule has 2 aliphatic rings. The minimum absolute atomic E-state index is 0.0150. The van der Waals surface area contributed by atoms with Crippen LogP contribution in [-0.2, 0) is 4.74 Å². The molecule has 2 aromatic carbocycles. The Morgan fingerprint density at radius 3 is 2.54 bits per heavy atom. The number of thiophene rings is 1.